The Morgan fingerprint density at radius 1 is 1.17 bits per heavy atom. The maximum Gasteiger partial charge on any atom is 0.416 e. The molecule has 0 bridgehead atoms. The van der Waals surface area contributed by atoms with Crippen LogP contribution in [0.4, 0.5) is 13.2 Å². The van der Waals surface area contributed by atoms with Gasteiger partial charge in [0.15, 0.2) is 0 Å². The van der Waals surface area contributed by atoms with Crippen molar-refractivity contribution < 1.29 is 23.1 Å². The van der Waals surface area contributed by atoms with Gasteiger partial charge < -0.3 is 10.4 Å². The molecule has 122 valence electrons. The first-order valence-corrected chi connectivity index (χ1v) is 6.75. The number of aromatic nitrogens is 1. The number of hydrogen-bond acceptors (Lipinski definition) is 3. The molecule has 7 heteroatoms. The van der Waals surface area contributed by atoms with Gasteiger partial charge in [-0.05, 0) is 44.2 Å². The number of phenolic OH excluding ortho intramolecular Hbond substituents is 1. The first kappa shape index (κ1) is 16.8. The number of phenols is 1. The maximum atomic E-state index is 12.7. The van der Waals surface area contributed by atoms with E-state index in [4.69, 9.17) is 0 Å². The molecule has 0 atom stereocenters. The quantitative estimate of drug-likeness (QED) is 0.909. The zero-order valence-corrected chi connectivity index (χ0v) is 12.5. The standard InChI is InChI=1S/C16H15F3N2O2/c1-15(2,13-5-3-4-8-20-13)21-14(23)11-9-10(16(17,18)19)6-7-12(11)22/h3-9,22H,1-2H3,(H,21,23). The summed E-state index contributed by atoms with van der Waals surface area (Å²) in [5, 5.41) is 12.3. The van der Waals surface area contributed by atoms with Crippen LogP contribution in [-0.2, 0) is 11.7 Å². The van der Waals surface area contributed by atoms with Crippen LogP contribution >= 0.6 is 0 Å². The van der Waals surface area contributed by atoms with E-state index in [1.165, 1.54) is 0 Å². The van der Waals surface area contributed by atoms with E-state index in [-0.39, 0.29) is 0 Å². The zero-order valence-electron chi connectivity index (χ0n) is 12.5. The average Bonchev–Trinajstić information content (AvgIpc) is 2.47. The molecular weight excluding hydrogens is 309 g/mol. The number of amides is 1. The van der Waals surface area contributed by atoms with E-state index < -0.39 is 34.5 Å². The molecule has 1 amide bonds. The molecule has 0 fully saturated rings. The van der Waals surface area contributed by atoms with Crippen LogP contribution in [0.15, 0.2) is 42.6 Å². The minimum Gasteiger partial charge on any atom is -0.507 e. The molecule has 0 saturated carbocycles. The lowest BCUT2D eigenvalue weighted by Gasteiger charge is -2.26. The van der Waals surface area contributed by atoms with E-state index in [1.54, 1.807) is 38.2 Å². The van der Waals surface area contributed by atoms with Gasteiger partial charge in [0.05, 0.1) is 22.4 Å². The highest BCUT2D eigenvalue weighted by atomic mass is 19.4. The minimum absolute atomic E-state index is 0.441. The van der Waals surface area contributed by atoms with Crippen molar-refractivity contribution >= 4 is 5.91 Å². The summed E-state index contributed by atoms with van der Waals surface area (Å²) in [6, 6.07) is 7.32. The molecule has 2 N–H and O–H groups in total. The van der Waals surface area contributed by atoms with E-state index in [2.05, 4.69) is 10.3 Å². The van der Waals surface area contributed by atoms with Crippen molar-refractivity contribution in [3.05, 3.63) is 59.4 Å². The third-order valence-electron chi connectivity index (χ3n) is 3.30. The molecule has 1 heterocycles. The number of rotatable bonds is 3. The molecule has 2 rings (SSSR count). The third kappa shape index (κ3) is 3.80. The fraction of sp³-hybridized carbons (Fsp3) is 0.250. The lowest BCUT2D eigenvalue weighted by atomic mass is 9.98. The minimum atomic E-state index is -4.60. The SMILES string of the molecule is CC(C)(NC(=O)c1cc(C(F)(F)F)ccc1O)c1ccccn1. The van der Waals surface area contributed by atoms with Gasteiger partial charge in [0.2, 0.25) is 0 Å². The molecule has 0 unspecified atom stereocenters. The summed E-state index contributed by atoms with van der Waals surface area (Å²) in [4.78, 5) is 16.4. The highest BCUT2D eigenvalue weighted by Gasteiger charge is 2.33. The summed E-state index contributed by atoms with van der Waals surface area (Å²) in [6.45, 7) is 3.33. The van der Waals surface area contributed by atoms with Crippen LogP contribution in [0.25, 0.3) is 0 Å². The number of carbonyl (C=O) groups is 1. The van der Waals surface area contributed by atoms with Gasteiger partial charge in [-0.25, -0.2) is 0 Å². The number of nitrogens with one attached hydrogen (secondary N) is 1. The Morgan fingerprint density at radius 3 is 2.43 bits per heavy atom. The van der Waals surface area contributed by atoms with E-state index in [0.717, 1.165) is 12.1 Å². The fourth-order valence-corrected chi connectivity index (χ4v) is 2.04. The first-order valence-electron chi connectivity index (χ1n) is 6.75. The van der Waals surface area contributed by atoms with Crippen molar-refractivity contribution in [2.75, 3.05) is 0 Å². The molecular formula is C16H15F3N2O2. The van der Waals surface area contributed by atoms with Gasteiger partial charge in [-0.1, -0.05) is 6.07 Å². The van der Waals surface area contributed by atoms with Gasteiger partial charge in [0.1, 0.15) is 5.75 Å². The summed E-state index contributed by atoms with van der Waals surface area (Å²) in [6.07, 6.45) is -3.05. The molecule has 23 heavy (non-hydrogen) atoms. The van der Waals surface area contributed by atoms with Crippen molar-refractivity contribution in [3.8, 4) is 5.75 Å². The Kier molecular flexibility index (Phi) is 4.31. The zero-order chi connectivity index (χ0) is 17.3. The summed E-state index contributed by atoms with van der Waals surface area (Å²) in [5.41, 5.74) is -1.82. The summed E-state index contributed by atoms with van der Waals surface area (Å²) >= 11 is 0. The Hall–Kier alpha value is -2.57. The molecule has 4 nitrogen and oxygen atoms in total. The van der Waals surface area contributed by atoms with Crippen LogP contribution in [0.5, 0.6) is 5.75 Å². The summed E-state index contributed by atoms with van der Waals surface area (Å²) < 4.78 is 38.2. The summed E-state index contributed by atoms with van der Waals surface area (Å²) in [5.74, 6) is -1.34. The van der Waals surface area contributed by atoms with Crippen molar-refractivity contribution in [2.24, 2.45) is 0 Å². The van der Waals surface area contributed by atoms with E-state index in [9.17, 15) is 23.1 Å². The van der Waals surface area contributed by atoms with Crippen molar-refractivity contribution in [1.29, 1.82) is 0 Å². The number of benzene rings is 1. The average molecular weight is 324 g/mol. The van der Waals surface area contributed by atoms with E-state index in [1.807, 2.05) is 0 Å². The van der Waals surface area contributed by atoms with Gasteiger partial charge >= 0.3 is 6.18 Å². The Balaban J connectivity index is 2.31. The van der Waals surface area contributed by atoms with Gasteiger partial charge in [-0.3, -0.25) is 9.78 Å². The molecule has 0 aliphatic rings. The van der Waals surface area contributed by atoms with Crippen LogP contribution in [0.1, 0.15) is 35.5 Å². The maximum absolute atomic E-state index is 12.7. The van der Waals surface area contributed by atoms with Crippen LogP contribution in [0.3, 0.4) is 0 Å². The second kappa shape index (κ2) is 5.91. The highest BCUT2D eigenvalue weighted by molar-refractivity contribution is 5.97. The Bertz CT molecular complexity index is 713. The number of carbonyl (C=O) groups excluding carboxylic acids is 1. The van der Waals surface area contributed by atoms with E-state index >= 15 is 0 Å². The van der Waals surface area contributed by atoms with Crippen molar-refractivity contribution in [3.63, 3.8) is 0 Å². The highest BCUT2D eigenvalue weighted by Crippen LogP contribution is 2.32. The van der Waals surface area contributed by atoms with Crippen molar-refractivity contribution in [1.82, 2.24) is 10.3 Å². The molecule has 0 aliphatic carbocycles. The number of aromatic hydroxyl groups is 1. The van der Waals surface area contributed by atoms with Crippen molar-refractivity contribution in [2.45, 2.75) is 25.6 Å². The lowest BCUT2D eigenvalue weighted by molar-refractivity contribution is -0.137. The van der Waals surface area contributed by atoms with Crippen LogP contribution in [0.2, 0.25) is 0 Å². The molecule has 0 spiro atoms. The van der Waals surface area contributed by atoms with Gasteiger partial charge in [-0.15, -0.1) is 0 Å². The fourth-order valence-electron chi connectivity index (χ4n) is 2.04. The van der Waals surface area contributed by atoms with Crippen LogP contribution in [0, 0.1) is 0 Å². The Morgan fingerprint density at radius 2 is 1.87 bits per heavy atom. The second-order valence-electron chi connectivity index (χ2n) is 5.52. The number of halogens is 3. The molecule has 0 aliphatic heterocycles. The first-order chi connectivity index (χ1) is 10.6. The van der Waals surface area contributed by atoms with E-state index in [0.29, 0.717) is 11.8 Å². The number of nitrogens with zero attached hydrogens (tertiary/aromatic N) is 1. The monoisotopic (exact) mass is 324 g/mol. The number of alkyl halides is 3. The van der Waals surface area contributed by atoms with Crippen LogP contribution < -0.4 is 5.32 Å². The molecule has 0 saturated heterocycles. The molecule has 1 aromatic carbocycles. The Labute approximate surface area is 131 Å². The van der Waals surface area contributed by atoms with Gasteiger partial charge in [0.25, 0.3) is 5.91 Å². The molecule has 1 aromatic heterocycles. The van der Waals surface area contributed by atoms with Crippen LogP contribution in [-0.4, -0.2) is 16.0 Å². The number of hydrogen-bond donors (Lipinski definition) is 2. The predicted octanol–water partition coefficient (Wildman–Crippen LogP) is 3.47. The normalized spacial score (nSPS) is 12.0. The predicted molar refractivity (Wildman–Crippen MR) is 77.8 cm³/mol. The van der Waals surface area contributed by atoms with Gasteiger partial charge in [-0.2, -0.15) is 13.2 Å². The smallest absolute Gasteiger partial charge is 0.416 e. The lowest BCUT2D eigenvalue weighted by Crippen LogP contribution is -2.41. The topological polar surface area (TPSA) is 62.2 Å². The third-order valence-corrected chi connectivity index (χ3v) is 3.30. The second-order valence-corrected chi connectivity index (χ2v) is 5.52. The summed E-state index contributed by atoms with van der Waals surface area (Å²) in [7, 11) is 0. The molecule has 0 radical (unpaired) electrons. The molecule has 2 aromatic rings. The largest absolute Gasteiger partial charge is 0.507 e. The van der Waals surface area contributed by atoms with Gasteiger partial charge in [0, 0.05) is 6.20 Å². The number of pyridine rings is 1.